The number of carbonyl (C=O) groups excluding carboxylic acids is 2. The number of rotatable bonds is 3. The topological polar surface area (TPSA) is 62.0 Å². The molecule has 1 aliphatic carbocycles. The Bertz CT molecular complexity index is 531. The van der Waals surface area contributed by atoms with Crippen LogP contribution < -0.4 is 5.32 Å². The van der Waals surface area contributed by atoms with Gasteiger partial charge in [-0.2, -0.15) is 0 Å². The van der Waals surface area contributed by atoms with Gasteiger partial charge >= 0.3 is 0 Å². The molecule has 0 unspecified atom stereocenters. The van der Waals surface area contributed by atoms with Crippen LogP contribution in [0.15, 0.2) is 0 Å². The van der Waals surface area contributed by atoms with Gasteiger partial charge in [0.1, 0.15) is 5.69 Å². The third kappa shape index (κ3) is 2.79. The summed E-state index contributed by atoms with van der Waals surface area (Å²) >= 11 is 0. The second-order valence-electron chi connectivity index (χ2n) is 6.02. The highest BCUT2D eigenvalue weighted by atomic mass is 16.2. The van der Waals surface area contributed by atoms with Crippen molar-refractivity contribution in [2.24, 2.45) is 5.92 Å². The van der Waals surface area contributed by atoms with Crippen LogP contribution in [0, 0.1) is 19.8 Å². The van der Waals surface area contributed by atoms with Crippen molar-refractivity contribution < 1.29 is 9.59 Å². The molecule has 1 aromatic heterocycles. The Morgan fingerprint density at radius 3 is 2.40 bits per heavy atom. The zero-order valence-corrected chi connectivity index (χ0v) is 12.8. The Kier molecular flexibility index (Phi) is 4.31. The van der Waals surface area contributed by atoms with Gasteiger partial charge in [-0.05, 0) is 45.1 Å². The van der Waals surface area contributed by atoms with E-state index in [0.29, 0.717) is 17.2 Å². The van der Waals surface area contributed by atoms with E-state index in [2.05, 4.69) is 17.2 Å². The quantitative estimate of drug-likeness (QED) is 0.833. The number of nitrogens with one attached hydrogen (secondary N) is 2. The van der Waals surface area contributed by atoms with Crippen LogP contribution in [0.5, 0.6) is 0 Å². The highest BCUT2D eigenvalue weighted by Crippen LogP contribution is 2.25. The summed E-state index contributed by atoms with van der Waals surface area (Å²) < 4.78 is 0. The van der Waals surface area contributed by atoms with Gasteiger partial charge in [0.05, 0.1) is 0 Å². The van der Waals surface area contributed by atoms with E-state index in [-0.39, 0.29) is 17.7 Å². The lowest BCUT2D eigenvalue weighted by atomic mass is 9.86. The first-order chi connectivity index (χ1) is 9.41. The zero-order chi connectivity index (χ0) is 14.9. The molecular weight excluding hydrogens is 252 g/mol. The first-order valence-corrected chi connectivity index (χ1v) is 7.42. The van der Waals surface area contributed by atoms with Crippen molar-refractivity contribution in [3.05, 3.63) is 22.5 Å². The normalized spacial score (nSPS) is 22.6. The van der Waals surface area contributed by atoms with Crippen molar-refractivity contribution in [3.63, 3.8) is 0 Å². The van der Waals surface area contributed by atoms with Gasteiger partial charge in [0, 0.05) is 17.3 Å². The first kappa shape index (κ1) is 14.8. The molecular formula is C16H24N2O2. The van der Waals surface area contributed by atoms with Crippen molar-refractivity contribution in [2.75, 3.05) is 0 Å². The second kappa shape index (κ2) is 5.81. The van der Waals surface area contributed by atoms with E-state index in [0.717, 1.165) is 17.7 Å². The predicted molar refractivity (Wildman–Crippen MR) is 79.2 cm³/mol. The number of Topliss-reactive ketones (excluding diaryl/α,β-unsaturated/α-hetero) is 1. The molecule has 1 aliphatic rings. The molecule has 0 aromatic carbocycles. The van der Waals surface area contributed by atoms with Crippen LogP contribution in [0.1, 0.15) is 71.6 Å². The second-order valence-corrected chi connectivity index (χ2v) is 6.02. The van der Waals surface area contributed by atoms with Crippen LogP contribution in [0.4, 0.5) is 0 Å². The summed E-state index contributed by atoms with van der Waals surface area (Å²) in [5, 5.41) is 3.12. The van der Waals surface area contributed by atoms with Gasteiger partial charge in [-0.1, -0.05) is 19.8 Å². The summed E-state index contributed by atoms with van der Waals surface area (Å²) in [4.78, 5) is 27.1. The molecule has 2 N–H and O–H groups in total. The van der Waals surface area contributed by atoms with E-state index in [4.69, 9.17) is 0 Å². The highest BCUT2D eigenvalue weighted by molar-refractivity contribution is 6.02. The Balaban J connectivity index is 2.17. The average Bonchev–Trinajstić information content (AvgIpc) is 2.67. The number of amides is 1. The van der Waals surface area contributed by atoms with Crippen LogP contribution in [0.25, 0.3) is 0 Å². The summed E-state index contributed by atoms with van der Waals surface area (Å²) in [6, 6.07) is 0.250. The standard InChI is InChI=1S/C16H24N2O2/c1-9-7-5-6-8-13(9)18-16(20)15-10(2)14(12(4)19)11(3)17-15/h9,13,17H,5-8H2,1-4H3,(H,18,20)/t9-,13-/m1/s1. The van der Waals surface area contributed by atoms with Gasteiger partial charge in [0.25, 0.3) is 5.91 Å². The van der Waals surface area contributed by atoms with Crippen molar-refractivity contribution in [1.29, 1.82) is 0 Å². The molecule has 4 heteroatoms. The third-order valence-corrected chi connectivity index (χ3v) is 4.44. The Morgan fingerprint density at radius 2 is 1.85 bits per heavy atom. The maximum Gasteiger partial charge on any atom is 0.268 e. The SMILES string of the molecule is CC(=O)c1c(C)[nH]c(C(=O)N[C@@H]2CCCC[C@H]2C)c1C. The van der Waals surface area contributed by atoms with E-state index in [1.807, 2.05) is 13.8 Å². The van der Waals surface area contributed by atoms with E-state index in [1.54, 1.807) is 0 Å². The number of ketones is 1. The molecule has 0 radical (unpaired) electrons. The van der Waals surface area contributed by atoms with Gasteiger partial charge in [-0.25, -0.2) is 0 Å². The molecule has 1 heterocycles. The summed E-state index contributed by atoms with van der Waals surface area (Å²) in [6.45, 7) is 7.40. The number of hydrogen-bond donors (Lipinski definition) is 2. The summed E-state index contributed by atoms with van der Waals surface area (Å²) in [6.07, 6.45) is 4.65. The maximum atomic E-state index is 12.4. The number of hydrogen-bond acceptors (Lipinski definition) is 2. The molecule has 1 aromatic rings. The minimum Gasteiger partial charge on any atom is -0.354 e. The molecule has 0 saturated heterocycles. The van der Waals surface area contributed by atoms with Gasteiger partial charge < -0.3 is 10.3 Å². The number of H-pyrrole nitrogens is 1. The zero-order valence-electron chi connectivity index (χ0n) is 12.8. The highest BCUT2D eigenvalue weighted by Gasteiger charge is 2.26. The average molecular weight is 276 g/mol. The van der Waals surface area contributed by atoms with Crippen LogP contribution in [0.3, 0.4) is 0 Å². The van der Waals surface area contributed by atoms with Crippen LogP contribution in [-0.4, -0.2) is 22.7 Å². The maximum absolute atomic E-state index is 12.4. The summed E-state index contributed by atoms with van der Waals surface area (Å²) in [5.74, 6) is 0.439. The fourth-order valence-electron chi connectivity index (χ4n) is 3.28. The van der Waals surface area contributed by atoms with Gasteiger partial charge in [0.15, 0.2) is 5.78 Å². The molecule has 0 spiro atoms. The fraction of sp³-hybridized carbons (Fsp3) is 0.625. The van der Waals surface area contributed by atoms with Crippen molar-refractivity contribution in [1.82, 2.24) is 10.3 Å². The molecule has 1 saturated carbocycles. The molecule has 1 amide bonds. The molecule has 110 valence electrons. The summed E-state index contributed by atoms with van der Waals surface area (Å²) in [7, 11) is 0. The molecule has 2 atom stereocenters. The lowest BCUT2D eigenvalue weighted by Gasteiger charge is -2.29. The fourth-order valence-corrected chi connectivity index (χ4v) is 3.28. The number of aryl methyl sites for hydroxylation is 1. The van der Waals surface area contributed by atoms with E-state index < -0.39 is 0 Å². The van der Waals surface area contributed by atoms with Gasteiger partial charge in [-0.3, -0.25) is 9.59 Å². The molecule has 20 heavy (non-hydrogen) atoms. The van der Waals surface area contributed by atoms with Crippen molar-refractivity contribution in [2.45, 2.75) is 59.4 Å². The van der Waals surface area contributed by atoms with Crippen molar-refractivity contribution >= 4 is 11.7 Å². The number of aromatic nitrogens is 1. The Morgan fingerprint density at radius 1 is 1.20 bits per heavy atom. The van der Waals surface area contributed by atoms with Crippen molar-refractivity contribution in [3.8, 4) is 0 Å². The van der Waals surface area contributed by atoms with E-state index in [1.165, 1.54) is 26.2 Å². The van der Waals surface area contributed by atoms with Gasteiger partial charge in [0.2, 0.25) is 0 Å². The lowest BCUT2D eigenvalue weighted by molar-refractivity contribution is 0.0905. The predicted octanol–water partition coefficient (Wildman–Crippen LogP) is 3.14. The lowest BCUT2D eigenvalue weighted by Crippen LogP contribution is -2.41. The smallest absolute Gasteiger partial charge is 0.268 e. The molecule has 0 aliphatic heterocycles. The largest absolute Gasteiger partial charge is 0.354 e. The summed E-state index contributed by atoms with van der Waals surface area (Å²) in [5.41, 5.74) is 2.71. The first-order valence-electron chi connectivity index (χ1n) is 7.42. The monoisotopic (exact) mass is 276 g/mol. The Hall–Kier alpha value is -1.58. The van der Waals surface area contributed by atoms with Crippen LogP contribution in [-0.2, 0) is 0 Å². The molecule has 1 fully saturated rings. The number of aromatic amines is 1. The minimum atomic E-state index is -0.0863. The number of carbonyl (C=O) groups is 2. The van der Waals surface area contributed by atoms with Gasteiger partial charge in [-0.15, -0.1) is 0 Å². The van der Waals surface area contributed by atoms with E-state index in [9.17, 15) is 9.59 Å². The van der Waals surface area contributed by atoms with E-state index >= 15 is 0 Å². The van der Waals surface area contributed by atoms with Crippen LogP contribution >= 0.6 is 0 Å². The molecule has 0 bridgehead atoms. The Labute approximate surface area is 120 Å². The van der Waals surface area contributed by atoms with Crippen LogP contribution in [0.2, 0.25) is 0 Å². The molecule has 4 nitrogen and oxygen atoms in total. The molecule has 2 rings (SSSR count). The third-order valence-electron chi connectivity index (χ3n) is 4.44. The minimum absolute atomic E-state index is 0.00124.